The first-order valence-electron chi connectivity index (χ1n) is 14.5. The lowest BCUT2D eigenvalue weighted by molar-refractivity contribution is 1.17. The van der Waals surface area contributed by atoms with Crippen molar-refractivity contribution in [1.29, 1.82) is 0 Å². The number of fused-ring (bicyclic) bond motifs is 14. The molecule has 5 heterocycles. The van der Waals surface area contributed by atoms with Gasteiger partial charge in [0.05, 0.1) is 27.5 Å². The number of aromatic nitrogens is 5. The van der Waals surface area contributed by atoms with E-state index in [0.29, 0.717) is 0 Å². The van der Waals surface area contributed by atoms with Crippen LogP contribution < -0.4 is 0 Å². The lowest BCUT2D eigenvalue weighted by Crippen LogP contribution is -1.97. The second-order valence-electron chi connectivity index (χ2n) is 11.1. The maximum absolute atomic E-state index is 4.91. The van der Waals surface area contributed by atoms with E-state index in [2.05, 4.69) is 129 Å². The molecule has 5 aromatic heterocycles. The van der Waals surface area contributed by atoms with Gasteiger partial charge in [0.2, 0.25) is 0 Å². The Labute approximate surface area is 245 Å². The van der Waals surface area contributed by atoms with Crippen LogP contribution in [-0.4, -0.2) is 23.5 Å². The van der Waals surface area contributed by atoms with E-state index in [9.17, 15) is 0 Å². The molecule has 0 fully saturated rings. The van der Waals surface area contributed by atoms with Crippen molar-refractivity contribution in [2.45, 2.75) is 0 Å². The van der Waals surface area contributed by atoms with Gasteiger partial charge in [-0.1, -0.05) is 66.7 Å². The molecule has 0 aliphatic rings. The van der Waals surface area contributed by atoms with Gasteiger partial charge in [-0.3, -0.25) is 4.40 Å². The number of para-hydroxylation sites is 3. The van der Waals surface area contributed by atoms with Gasteiger partial charge in [-0.05, 0) is 60.0 Å². The van der Waals surface area contributed by atoms with Crippen LogP contribution in [0.3, 0.4) is 0 Å². The Bertz CT molecular complexity index is 2710. The number of nitrogens with zero attached hydrogens (tertiary/aromatic N) is 5. The van der Waals surface area contributed by atoms with Crippen molar-refractivity contribution in [3.05, 3.63) is 140 Å². The van der Waals surface area contributed by atoms with Crippen molar-refractivity contribution in [2.24, 2.45) is 0 Å². The molecular weight excluding hydrogens is 526 g/mol. The summed E-state index contributed by atoms with van der Waals surface area (Å²) >= 11 is 0. The summed E-state index contributed by atoms with van der Waals surface area (Å²) < 4.78 is 6.95. The largest absolute Gasteiger partial charge is 0.309 e. The van der Waals surface area contributed by atoms with Crippen LogP contribution in [0.2, 0.25) is 0 Å². The van der Waals surface area contributed by atoms with Gasteiger partial charge >= 0.3 is 0 Å². The van der Waals surface area contributed by atoms with Gasteiger partial charge in [0.25, 0.3) is 0 Å². The quantitative estimate of drug-likeness (QED) is 0.202. The summed E-state index contributed by atoms with van der Waals surface area (Å²) in [6, 6.07) is 43.5. The second-order valence-corrected chi connectivity index (χ2v) is 11.1. The Morgan fingerprint density at radius 3 is 1.84 bits per heavy atom. The van der Waals surface area contributed by atoms with Gasteiger partial charge < -0.3 is 9.13 Å². The molecule has 200 valence electrons. The fourth-order valence-electron chi connectivity index (χ4n) is 7.26. The lowest BCUT2D eigenvalue weighted by atomic mass is 10.0. The molecule has 10 aromatic rings. The average molecular weight is 550 g/mol. The van der Waals surface area contributed by atoms with E-state index in [0.717, 1.165) is 44.3 Å². The van der Waals surface area contributed by atoms with Gasteiger partial charge in [0.15, 0.2) is 0 Å². The maximum atomic E-state index is 4.91. The van der Waals surface area contributed by atoms with Gasteiger partial charge in [0.1, 0.15) is 11.3 Å². The molecule has 0 N–H and O–H groups in total. The second kappa shape index (κ2) is 8.30. The minimum absolute atomic E-state index is 0.912. The van der Waals surface area contributed by atoms with Crippen LogP contribution in [0.1, 0.15) is 0 Å². The van der Waals surface area contributed by atoms with Crippen molar-refractivity contribution < 1.29 is 0 Å². The standard InChI is InChI=1S/C38H23N5/c1-3-10-24(11-4-1)42-30-16-8-7-14-28(30)33-31(42)19-20-32-34(33)29-18-17-26-27-15-9-21-39-37(27)41-23-22-40-38(41)35(26)36(29)43(32)25-12-5-2-6-13-25/h1-23H. The Morgan fingerprint density at radius 2 is 1.02 bits per heavy atom. The molecule has 0 unspecified atom stereocenters. The highest BCUT2D eigenvalue weighted by Gasteiger charge is 2.23. The van der Waals surface area contributed by atoms with Gasteiger partial charge in [-0.2, -0.15) is 0 Å². The molecule has 0 spiro atoms. The predicted molar refractivity (Wildman–Crippen MR) is 177 cm³/mol. The van der Waals surface area contributed by atoms with Gasteiger partial charge in [-0.25, -0.2) is 9.97 Å². The zero-order chi connectivity index (χ0) is 28.1. The molecule has 0 radical (unpaired) electrons. The molecule has 0 atom stereocenters. The molecule has 10 rings (SSSR count). The smallest absolute Gasteiger partial charge is 0.148 e. The highest BCUT2D eigenvalue weighted by molar-refractivity contribution is 6.33. The van der Waals surface area contributed by atoms with Crippen molar-refractivity contribution >= 4 is 71.1 Å². The average Bonchev–Trinajstić information content (AvgIpc) is 3.78. The van der Waals surface area contributed by atoms with Crippen LogP contribution >= 0.6 is 0 Å². The molecule has 0 amide bonds. The maximum Gasteiger partial charge on any atom is 0.148 e. The Balaban J connectivity index is 1.51. The Kier molecular flexibility index (Phi) is 4.39. The Hall–Kier alpha value is -5.94. The molecule has 5 aromatic carbocycles. The Morgan fingerprint density at radius 1 is 0.395 bits per heavy atom. The van der Waals surface area contributed by atoms with Crippen LogP contribution in [0.25, 0.3) is 82.4 Å². The summed E-state index contributed by atoms with van der Waals surface area (Å²) in [5, 5.41) is 8.35. The summed E-state index contributed by atoms with van der Waals surface area (Å²) in [5.41, 5.74) is 8.83. The van der Waals surface area contributed by atoms with Crippen LogP contribution in [0.4, 0.5) is 0 Å². The van der Waals surface area contributed by atoms with Crippen LogP contribution in [0.5, 0.6) is 0 Å². The third-order valence-corrected chi connectivity index (χ3v) is 8.93. The van der Waals surface area contributed by atoms with Crippen molar-refractivity contribution in [1.82, 2.24) is 23.5 Å². The number of pyridine rings is 2. The van der Waals surface area contributed by atoms with Crippen molar-refractivity contribution in [3.63, 3.8) is 0 Å². The van der Waals surface area contributed by atoms with E-state index in [1.165, 1.54) is 38.1 Å². The van der Waals surface area contributed by atoms with Gasteiger partial charge in [-0.15, -0.1) is 0 Å². The van der Waals surface area contributed by atoms with E-state index in [4.69, 9.17) is 9.97 Å². The predicted octanol–water partition coefficient (Wildman–Crippen LogP) is 9.23. The SMILES string of the molecule is c1ccc(-n2c3ccccc3c3c4c5ccc6c7cccnc7n7ccnc7c6c5n(-c5ccccc5)c4ccc32)cc1. The minimum atomic E-state index is 0.912. The molecular formula is C38H23N5. The molecule has 0 saturated carbocycles. The number of imidazole rings is 1. The topological polar surface area (TPSA) is 40.1 Å². The molecule has 0 saturated heterocycles. The molecule has 5 heteroatoms. The zero-order valence-corrected chi connectivity index (χ0v) is 23.0. The lowest BCUT2D eigenvalue weighted by Gasteiger charge is -2.12. The monoisotopic (exact) mass is 549 g/mol. The highest BCUT2D eigenvalue weighted by atomic mass is 15.1. The van der Waals surface area contributed by atoms with Crippen LogP contribution in [-0.2, 0) is 0 Å². The van der Waals surface area contributed by atoms with E-state index in [1.54, 1.807) is 0 Å². The molecule has 0 bridgehead atoms. The van der Waals surface area contributed by atoms with E-state index in [-0.39, 0.29) is 0 Å². The van der Waals surface area contributed by atoms with Crippen LogP contribution in [0, 0.1) is 0 Å². The third-order valence-electron chi connectivity index (χ3n) is 8.93. The summed E-state index contributed by atoms with van der Waals surface area (Å²) in [4.78, 5) is 9.67. The molecule has 5 nitrogen and oxygen atoms in total. The number of hydrogen-bond donors (Lipinski definition) is 0. The van der Waals surface area contributed by atoms with E-state index < -0.39 is 0 Å². The van der Waals surface area contributed by atoms with Crippen molar-refractivity contribution in [3.8, 4) is 11.4 Å². The third kappa shape index (κ3) is 2.90. The summed E-state index contributed by atoms with van der Waals surface area (Å²) in [6.07, 6.45) is 5.75. The first kappa shape index (κ1) is 22.7. The fourth-order valence-corrected chi connectivity index (χ4v) is 7.26. The number of rotatable bonds is 2. The minimum Gasteiger partial charge on any atom is -0.309 e. The van der Waals surface area contributed by atoms with E-state index in [1.807, 2.05) is 24.7 Å². The number of hydrogen-bond acceptors (Lipinski definition) is 2. The van der Waals surface area contributed by atoms with E-state index >= 15 is 0 Å². The zero-order valence-electron chi connectivity index (χ0n) is 23.0. The number of benzene rings is 5. The first-order chi connectivity index (χ1) is 21.4. The highest BCUT2D eigenvalue weighted by Crippen LogP contribution is 2.45. The van der Waals surface area contributed by atoms with Crippen molar-refractivity contribution in [2.75, 3.05) is 0 Å². The normalized spacial score (nSPS) is 12.2. The molecule has 0 aliphatic carbocycles. The van der Waals surface area contributed by atoms with Gasteiger partial charge in [0, 0.05) is 56.9 Å². The van der Waals surface area contributed by atoms with Crippen LogP contribution in [0.15, 0.2) is 140 Å². The summed E-state index contributed by atoms with van der Waals surface area (Å²) in [7, 11) is 0. The molecule has 0 aliphatic heterocycles. The summed E-state index contributed by atoms with van der Waals surface area (Å²) in [5.74, 6) is 0. The summed E-state index contributed by atoms with van der Waals surface area (Å²) in [6.45, 7) is 0. The first-order valence-corrected chi connectivity index (χ1v) is 14.5. The fraction of sp³-hybridized carbons (Fsp3) is 0. The molecule has 43 heavy (non-hydrogen) atoms.